The van der Waals surface area contributed by atoms with Crippen LogP contribution in [0.5, 0.6) is 5.75 Å². The van der Waals surface area contributed by atoms with Gasteiger partial charge in [0.1, 0.15) is 5.75 Å². The average molecular weight is 262 g/mol. The highest BCUT2D eigenvalue weighted by Gasteiger charge is 2.32. The first-order valence-electron chi connectivity index (χ1n) is 5.76. The molecule has 0 saturated carbocycles. The van der Waals surface area contributed by atoms with Crippen molar-refractivity contribution in [3.05, 3.63) is 29.8 Å². The van der Waals surface area contributed by atoms with Crippen LogP contribution in [0.1, 0.15) is 24.9 Å². The number of benzene rings is 1. The predicted octanol–water partition coefficient (Wildman–Crippen LogP) is 2.58. The lowest BCUT2D eigenvalue weighted by molar-refractivity contribution is -0.275. The normalized spacial score (nSPS) is 13.4. The first-order chi connectivity index (χ1) is 8.48. The van der Waals surface area contributed by atoms with Crippen molar-refractivity contribution in [3.63, 3.8) is 0 Å². The monoisotopic (exact) mass is 262 g/mol. The number of nitrogens with one attached hydrogen (secondary N) is 1. The van der Waals surface area contributed by atoms with Crippen LogP contribution in [-0.4, -0.2) is 19.5 Å². The molecule has 0 radical (unpaired) electrons. The smallest absolute Gasteiger partial charge is 0.405 e. The fourth-order valence-electron chi connectivity index (χ4n) is 1.62. The SMILES string of the molecule is CCCNC(CN)c1ccccc1OC(F)(F)F. The van der Waals surface area contributed by atoms with Crippen LogP contribution in [0.4, 0.5) is 13.2 Å². The molecule has 6 heteroatoms. The molecule has 0 aliphatic rings. The Labute approximate surface area is 104 Å². The molecule has 102 valence electrons. The van der Waals surface area contributed by atoms with Gasteiger partial charge in [-0.1, -0.05) is 25.1 Å². The number of halogens is 3. The molecule has 0 aliphatic heterocycles. The molecule has 0 bridgehead atoms. The Morgan fingerprint density at radius 2 is 2.00 bits per heavy atom. The summed E-state index contributed by atoms with van der Waals surface area (Å²) in [6.07, 6.45) is -3.82. The third-order valence-corrected chi connectivity index (χ3v) is 2.40. The van der Waals surface area contributed by atoms with Gasteiger partial charge in [-0.05, 0) is 19.0 Å². The van der Waals surface area contributed by atoms with Crippen LogP contribution < -0.4 is 15.8 Å². The Morgan fingerprint density at radius 3 is 2.56 bits per heavy atom. The zero-order valence-corrected chi connectivity index (χ0v) is 10.1. The molecule has 1 rings (SSSR count). The van der Waals surface area contributed by atoms with E-state index in [1.165, 1.54) is 12.1 Å². The minimum absolute atomic E-state index is 0.205. The summed E-state index contributed by atoms with van der Waals surface area (Å²) in [6, 6.07) is 5.69. The van der Waals surface area contributed by atoms with Gasteiger partial charge in [-0.25, -0.2) is 0 Å². The average Bonchev–Trinajstić information content (AvgIpc) is 2.30. The first kappa shape index (κ1) is 14.8. The zero-order chi connectivity index (χ0) is 13.6. The molecule has 1 unspecified atom stereocenters. The lowest BCUT2D eigenvalue weighted by Crippen LogP contribution is -2.30. The molecule has 0 amide bonds. The Morgan fingerprint density at radius 1 is 1.33 bits per heavy atom. The Bertz CT molecular complexity index is 369. The van der Waals surface area contributed by atoms with Crippen molar-refractivity contribution < 1.29 is 17.9 Å². The minimum Gasteiger partial charge on any atom is -0.405 e. The molecular formula is C12H17F3N2O. The lowest BCUT2D eigenvalue weighted by Gasteiger charge is -2.20. The molecule has 0 aliphatic carbocycles. The van der Waals surface area contributed by atoms with Gasteiger partial charge in [-0.15, -0.1) is 13.2 Å². The van der Waals surface area contributed by atoms with Gasteiger partial charge in [-0.2, -0.15) is 0 Å². The van der Waals surface area contributed by atoms with Crippen LogP contribution in [0, 0.1) is 0 Å². The molecule has 0 fully saturated rings. The van der Waals surface area contributed by atoms with Crippen molar-refractivity contribution in [1.82, 2.24) is 5.32 Å². The summed E-state index contributed by atoms with van der Waals surface area (Å²) in [4.78, 5) is 0. The van der Waals surface area contributed by atoms with Crippen molar-refractivity contribution >= 4 is 0 Å². The summed E-state index contributed by atoms with van der Waals surface area (Å²) in [5, 5.41) is 3.09. The largest absolute Gasteiger partial charge is 0.573 e. The summed E-state index contributed by atoms with van der Waals surface area (Å²) in [6.45, 7) is 2.86. The molecule has 0 spiro atoms. The third kappa shape index (κ3) is 4.54. The van der Waals surface area contributed by atoms with Gasteiger partial charge in [0.2, 0.25) is 0 Å². The second-order valence-corrected chi connectivity index (χ2v) is 3.83. The number of rotatable bonds is 6. The number of nitrogens with two attached hydrogens (primary N) is 1. The van der Waals surface area contributed by atoms with Crippen molar-refractivity contribution in [2.75, 3.05) is 13.1 Å². The molecule has 3 N–H and O–H groups in total. The van der Waals surface area contributed by atoms with Gasteiger partial charge >= 0.3 is 6.36 Å². The number of hydrogen-bond donors (Lipinski definition) is 2. The second-order valence-electron chi connectivity index (χ2n) is 3.83. The van der Waals surface area contributed by atoms with E-state index in [1.807, 2.05) is 6.92 Å². The van der Waals surface area contributed by atoms with Crippen molar-refractivity contribution in [2.24, 2.45) is 5.73 Å². The summed E-state index contributed by atoms with van der Waals surface area (Å²) < 4.78 is 40.8. The third-order valence-electron chi connectivity index (χ3n) is 2.40. The van der Waals surface area contributed by atoms with Gasteiger partial charge in [0, 0.05) is 18.2 Å². The summed E-state index contributed by atoms with van der Waals surface area (Å²) in [7, 11) is 0. The fourth-order valence-corrected chi connectivity index (χ4v) is 1.62. The second kappa shape index (κ2) is 6.61. The maximum atomic E-state index is 12.3. The molecule has 1 aromatic rings. The van der Waals surface area contributed by atoms with Crippen molar-refractivity contribution in [1.29, 1.82) is 0 Å². The lowest BCUT2D eigenvalue weighted by atomic mass is 10.1. The molecule has 1 aromatic carbocycles. The van der Waals surface area contributed by atoms with Crippen LogP contribution in [0.3, 0.4) is 0 Å². The van der Waals surface area contributed by atoms with Crippen LogP contribution >= 0.6 is 0 Å². The standard InChI is InChI=1S/C12H17F3N2O/c1-2-7-17-10(8-16)9-5-3-4-6-11(9)18-12(13,14)15/h3-6,10,17H,2,7-8,16H2,1H3. The van der Waals surface area contributed by atoms with Crippen LogP contribution in [0.15, 0.2) is 24.3 Å². The van der Waals surface area contributed by atoms with Gasteiger partial charge in [-0.3, -0.25) is 0 Å². The van der Waals surface area contributed by atoms with E-state index < -0.39 is 6.36 Å². The minimum atomic E-state index is -4.69. The predicted molar refractivity (Wildman–Crippen MR) is 63.2 cm³/mol. The quantitative estimate of drug-likeness (QED) is 0.828. The summed E-state index contributed by atoms with van der Waals surface area (Å²) in [5.74, 6) is -0.205. The highest BCUT2D eigenvalue weighted by molar-refractivity contribution is 5.36. The maximum absolute atomic E-state index is 12.3. The van der Waals surface area contributed by atoms with Crippen LogP contribution in [0.2, 0.25) is 0 Å². The van der Waals surface area contributed by atoms with E-state index in [2.05, 4.69) is 10.1 Å². The van der Waals surface area contributed by atoms with Crippen molar-refractivity contribution in [3.8, 4) is 5.75 Å². The summed E-state index contributed by atoms with van der Waals surface area (Å²) >= 11 is 0. The summed E-state index contributed by atoms with van der Waals surface area (Å²) in [5.41, 5.74) is 6.00. The van der Waals surface area contributed by atoms with Gasteiger partial charge < -0.3 is 15.8 Å². The Hall–Kier alpha value is -1.27. The molecule has 0 aromatic heterocycles. The zero-order valence-electron chi connectivity index (χ0n) is 10.1. The highest BCUT2D eigenvalue weighted by Crippen LogP contribution is 2.29. The van der Waals surface area contributed by atoms with Gasteiger partial charge in [0.25, 0.3) is 0 Å². The van der Waals surface area contributed by atoms with Crippen LogP contribution in [0.25, 0.3) is 0 Å². The van der Waals surface area contributed by atoms with Crippen molar-refractivity contribution in [2.45, 2.75) is 25.7 Å². The molecule has 0 heterocycles. The van der Waals surface area contributed by atoms with Gasteiger partial charge in [0.15, 0.2) is 0 Å². The number of hydrogen-bond acceptors (Lipinski definition) is 3. The molecule has 1 atom stereocenters. The van der Waals surface area contributed by atoms with E-state index >= 15 is 0 Å². The topological polar surface area (TPSA) is 47.3 Å². The fraction of sp³-hybridized carbons (Fsp3) is 0.500. The number of ether oxygens (including phenoxy) is 1. The van der Waals surface area contributed by atoms with Crippen LogP contribution in [-0.2, 0) is 0 Å². The number of alkyl halides is 3. The Kier molecular flexibility index (Phi) is 5.43. The van der Waals surface area contributed by atoms with E-state index in [4.69, 9.17) is 5.73 Å². The van der Waals surface area contributed by atoms with Gasteiger partial charge in [0.05, 0.1) is 0 Å². The molecule has 3 nitrogen and oxygen atoms in total. The van der Waals surface area contributed by atoms with E-state index in [0.717, 1.165) is 6.42 Å². The first-order valence-corrected chi connectivity index (χ1v) is 5.76. The highest BCUT2D eigenvalue weighted by atomic mass is 19.4. The number of para-hydroxylation sites is 1. The Balaban J connectivity index is 2.91. The maximum Gasteiger partial charge on any atom is 0.573 e. The van der Waals surface area contributed by atoms with E-state index in [-0.39, 0.29) is 18.3 Å². The van der Waals surface area contributed by atoms with E-state index in [9.17, 15) is 13.2 Å². The molecule has 0 saturated heterocycles. The molecule has 18 heavy (non-hydrogen) atoms. The van der Waals surface area contributed by atoms with E-state index in [0.29, 0.717) is 12.1 Å². The van der Waals surface area contributed by atoms with E-state index in [1.54, 1.807) is 12.1 Å². The molecular weight excluding hydrogens is 245 g/mol.